The topological polar surface area (TPSA) is 33.1 Å². The first kappa shape index (κ1) is 17.7. The largest absolute Gasteiger partial charge is 0.308 e. The molecule has 0 bridgehead atoms. The summed E-state index contributed by atoms with van der Waals surface area (Å²) >= 11 is 3.68. The minimum absolute atomic E-state index is 0.189. The Hall–Kier alpha value is -0.390. The number of rotatable bonds is 8. The average Bonchev–Trinajstić information content (AvgIpc) is 2.74. The summed E-state index contributed by atoms with van der Waals surface area (Å²) < 4.78 is 3.23. The van der Waals surface area contributed by atoms with Gasteiger partial charge in [0.1, 0.15) is 0 Å². The zero-order chi connectivity index (χ0) is 15.3. The number of hydrogen-bond acceptors (Lipinski definition) is 3. The van der Waals surface area contributed by atoms with Crippen molar-refractivity contribution in [1.82, 2.24) is 20.0 Å². The maximum atomic E-state index is 4.54. The van der Waals surface area contributed by atoms with Crippen LogP contribution in [0.1, 0.15) is 45.9 Å². The molecule has 0 fully saturated rings. The van der Waals surface area contributed by atoms with E-state index in [1.54, 1.807) is 0 Å². The number of likely N-dealkylation sites (N-methyl/N-ethyl adjacent to an activating group) is 1. The molecule has 0 radical (unpaired) electrons. The fraction of sp³-hybridized carbons (Fsp3) is 0.800. The molecule has 0 aliphatic rings. The fourth-order valence-electron chi connectivity index (χ4n) is 2.28. The molecule has 1 aromatic heterocycles. The highest BCUT2D eigenvalue weighted by atomic mass is 79.9. The highest BCUT2D eigenvalue weighted by molar-refractivity contribution is 9.10. The summed E-state index contributed by atoms with van der Waals surface area (Å²) in [6.45, 7) is 11.9. The van der Waals surface area contributed by atoms with Gasteiger partial charge in [0.25, 0.3) is 0 Å². The lowest BCUT2D eigenvalue weighted by atomic mass is 9.80. The lowest BCUT2D eigenvalue weighted by molar-refractivity contribution is 0.223. The van der Waals surface area contributed by atoms with Crippen LogP contribution in [0.5, 0.6) is 0 Å². The van der Waals surface area contributed by atoms with Crippen molar-refractivity contribution in [2.24, 2.45) is 5.41 Å². The molecule has 5 heteroatoms. The lowest BCUT2D eigenvalue weighted by Gasteiger charge is -2.35. The van der Waals surface area contributed by atoms with Crippen LogP contribution in [0, 0.1) is 5.41 Å². The van der Waals surface area contributed by atoms with Gasteiger partial charge in [-0.25, -0.2) is 0 Å². The maximum absolute atomic E-state index is 4.54. The summed E-state index contributed by atoms with van der Waals surface area (Å²) in [6.07, 6.45) is 3.04. The van der Waals surface area contributed by atoms with Crippen LogP contribution < -0.4 is 5.32 Å². The van der Waals surface area contributed by atoms with E-state index in [9.17, 15) is 0 Å². The molecule has 1 heterocycles. The molecule has 1 N–H and O–H groups in total. The lowest BCUT2D eigenvalue weighted by Crippen LogP contribution is -2.36. The summed E-state index contributed by atoms with van der Waals surface area (Å²) in [4.78, 5) is 2.19. The van der Waals surface area contributed by atoms with E-state index in [2.05, 4.69) is 77.7 Å². The summed E-state index contributed by atoms with van der Waals surface area (Å²) in [5.41, 5.74) is 1.45. The van der Waals surface area contributed by atoms with Crippen molar-refractivity contribution in [2.45, 2.75) is 46.7 Å². The predicted octanol–water partition coefficient (Wildman–Crippen LogP) is 3.29. The molecule has 0 aliphatic carbocycles. The molecule has 0 aromatic carbocycles. The molecule has 20 heavy (non-hydrogen) atoms. The smallest absolute Gasteiger partial charge is 0.0701 e. The van der Waals surface area contributed by atoms with Gasteiger partial charge in [-0.2, -0.15) is 5.10 Å². The monoisotopic (exact) mass is 344 g/mol. The van der Waals surface area contributed by atoms with E-state index >= 15 is 0 Å². The Balaban J connectivity index is 3.09. The van der Waals surface area contributed by atoms with E-state index in [0.717, 1.165) is 30.5 Å². The van der Waals surface area contributed by atoms with E-state index in [-0.39, 0.29) is 5.41 Å². The quantitative estimate of drug-likeness (QED) is 0.785. The molecule has 0 saturated heterocycles. The second-order valence-corrected chi connectivity index (χ2v) is 7.09. The third kappa shape index (κ3) is 4.30. The maximum Gasteiger partial charge on any atom is 0.0701 e. The second-order valence-electron chi connectivity index (χ2n) is 6.24. The van der Waals surface area contributed by atoms with Crippen molar-refractivity contribution in [2.75, 3.05) is 27.2 Å². The van der Waals surface area contributed by atoms with Crippen LogP contribution in [-0.4, -0.2) is 41.9 Å². The molecular formula is C15H29BrN4. The highest BCUT2D eigenvalue weighted by Crippen LogP contribution is 2.39. The SMILES string of the molecule is CCNC(c1c(Br)cnn1CCN(C)C)C(C)(C)CC. The third-order valence-corrected chi connectivity index (χ3v) is 4.58. The van der Waals surface area contributed by atoms with Gasteiger partial charge < -0.3 is 10.2 Å². The molecule has 1 atom stereocenters. The Morgan fingerprint density at radius 1 is 1.40 bits per heavy atom. The highest BCUT2D eigenvalue weighted by Gasteiger charge is 2.32. The van der Waals surface area contributed by atoms with Crippen LogP contribution in [-0.2, 0) is 6.54 Å². The zero-order valence-electron chi connectivity index (χ0n) is 13.7. The Morgan fingerprint density at radius 3 is 2.55 bits per heavy atom. The number of hydrogen-bond donors (Lipinski definition) is 1. The predicted molar refractivity (Wildman–Crippen MR) is 89.0 cm³/mol. The van der Waals surface area contributed by atoms with Crippen molar-refractivity contribution in [3.63, 3.8) is 0 Å². The molecule has 0 amide bonds. The van der Waals surface area contributed by atoms with Crippen LogP contribution in [0.3, 0.4) is 0 Å². The van der Waals surface area contributed by atoms with Crippen LogP contribution >= 0.6 is 15.9 Å². The van der Waals surface area contributed by atoms with E-state index in [4.69, 9.17) is 0 Å². The van der Waals surface area contributed by atoms with Gasteiger partial charge in [-0.05, 0) is 48.4 Å². The van der Waals surface area contributed by atoms with Crippen molar-refractivity contribution >= 4 is 15.9 Å². The minimum atomic E-state index is 0.189. The number of halogens is 1. The first-order valence-corrected chi connectivity index (χ1v) is 8.22. The van der Waals surface area contributed by atoms with Crippen molar-refractivity contribution < 1.29 is 0 Å². The van der Waals surface area contributed by atoms with Crippen molar-refractivity contribution in [3.05, 3.63) is 16.4 Å². The van der Waals surface area contributed by atoms with Crippen LogP contribution in [0.25, 0.3) is 0 Å². The van der Waals surface area contributed by atoms with Crippen molar-refractivity contribution in [3.8, 4) is 0 Å². The van der Waals surface area contributed by atoms with Gasteiger partial charge in [0.2, 0.25) is 0 Å². The Kier molecular flexibility index (Phi) is 6.69. The first-order valence-electron chi connectivity index (χ1n) is 7.42. The van der Waals surface area contributed by atoms with Crippen LogP contribution in [0.4, 0.5) is 0 Å². The first-order chi connectivity index (χ1) is 9.33. The summed E-state index contributed by atoms with van der Waals surface area (Å²) in [6, 6.07) is 0.302. The molecule has 1 unspecified atom stereocenters. The molecule has 1 rings (SSSR count). The molecule has 0 spiro atoms. The summed E-state index contributed by atoms with van der Waals surface area (Å²) in [5.74, 6) is 0. The molecule has 0 aliphatic heterocycles. The van der Waals surface area contributed by atoms with Gasteiger partial charge in [-0.1, -0.05) is 27.7 Å². The molecular weight excluding hydrogens is 316 g/mol. The normalized spacial score (nSPS) is 14.0. The summed E-state index contributed by atoms with van der Waals surface area (Å²) in [5, 5.41) is 8.18. The van der Waals surface area contributed by atoms with Gasteiger partial charge in [-0.3, -0.25) is 4.68 Å². The van der Waals surface area contributed by atoms with E-state index in [0.29, 0.717) is 6.04 Å². The Bertz CT molecular complexity index is 412. The Labute approximate surface area is 132 Å². The number of aromatic nitrogens is 2. The zero-order valence-corrected chi connectivity index (χ0v) is 15.3. The average molecular weight is 345 g/mol. The molecule has 1 aromatic rings. The van der Waals surface area contributed by atoms with Crippen molar-refractivity contribution in [1.29, 1.82) is 0 Å². The van der Waals surface area contributed by atoms with Crippen LogP contribution in [0.2, 0.25) is 0 Å². The van der Waals surface area contributed by atoms with E-state index in [1.165, 1.54) is 5.69 Å². The fourth-order valence-corrected chi connectivity index (χ4v) is 2.81. The van der Waals surface area contributed by atoms with E-state index in [1.807, 2.05) is 6.20 Å². The van der Waals surface area contributed by atoms with Gasteiger partial charge in [0.15, 0.2) is 0 Å². The van der Waals surface area contributed by atoms with Gasteiger partial charge in [0, 0.05) is 6.54 Å². The molecule has 116 valence electrons. The minimum Gasteiger partial charge on any atom is -0.308 e. The van der Waals surface area contributed by atoms with Crippen LogP contribution in [0.15, 0.2) is 10.7 Å². The number of nitrogens with one attached hydrogen (secondary N) is 1. The Morgan fingerprint density at radius 2 is 2.05 bits per heavy atom. The molecule has 4 nitrogen and oxygen atoms in total. The third-order valence-electron chi connectivity index (χ3n) is 3.97. The molecule has 0 saturated carbocycles. The van der Waals surface area contributed by atoms with Gasteiger partial charge >= 0.3 is 0 Å². The summed E-state index contributed by atoms with van der Waals surface area (Å²) in [7, 11) is 4.19. The van der Waals surface area contributed by atoms with E-state index < -0.39 is 0 Å². The van der Waals surface area contributed by atoms with Gasteiger partial charge in [-0.15, -0.1) is 0 Å². The standard InChI is InChI=1S/C15H29BrN4/c1-7-15(3,4)14(17-8-2)13-12(16)11-18-20(13)10-9-19(5)6/h11,14,17H,7-10H2,1-6H3. The van der Waals surface area contributed by atoms with Gasteiger partial charge in [0.05, 0.1) is 29.0 Å². The number of nitrogens with zero attached hydrogens (tertiary/aromatic N) is 3. The second kappa shape index (κ2) is 7.57.